The van der Waals surface area contributed by atoms with Gasteiger partial charge in [-0.1, -0.05) is 6.55 Å². The van der Waals surface area contributed by atoms with E-state index in [9.17, 15) is 13.2 Å². The van der Waals surface area contributed by atoms with Crippen LogP contribution >= 0.6 is 0 Å². The van der Waals surface area contributed by atoms with E-state index in [4.69, 9.17) is 0 Å². The molecule has 0 rings (SSSR count). The van der Waals surface area contributed by atoms with Crippen LogP contribution in [0.2, 0.25) is 12.6 Å². The number of rotatable bonds is 6. The Bertz CT molecular complexity index is 132. The van der Waals surface area contributed by atoms with Crippen molar-refractivity contribution in [2.45, 2.75) is 25.2 Å². The highest BCUT2D eigenvalue weighted by atomic mass is 28.3. The van der Waals surface area contributed by atoms with Gasteiger partial charge in [-0.15, -0.1) is 0 Å². The Labute approximate surface area is 80.9 Å². The number of hydrogen-bond donors (Lipinski definition) is 2. The first-order valence-electron chi connectivity index (χ1n) is 4.40. The second kappa shape index (κ2) is 6.58. The molecule has 1 atom stereocenters. The first kappa shape index (κ1) is 13.1. The summed E-state index contributed by atoms with van der Waals surface area (Å²) in [5.74, 6) is 0. The molecule has 0 aliphatic heterocycles. The zero-order valence-corrected chi connectivity index (χ0v) is 10.6. The molecule has 0 saturated heterocycles. The van der Waals surface area contributed by atoms with Crippen molar-refractivity contribution in [2.24, 2.45) is 0 Å². The van der Waals surface area contributed by atoms with Crippen molar-refractivity contribution in [3.05, 3.63) is 0 Å². The second-order valence-corrected chi connectivity index (χ2v) is 7.61. The maximum absolute atomic E-state index is 11.8. The van der Waals surface area contributed by atoms with Gasteiger partial charge in [0.05, 0.1) is 0 Å². The van der Waals surface area contributed by atoms with E-state index in [0.717, 1.165) is 6.17 Å². The minimum absolute atomic E-state index is 0.280. The van der Waals surface area contributed by atoms with Gasteiger partial charge < -0.3 is 9.96 Å². The van der Waals surface area contributed by atoms with E-state index in [1.54, 1.807) is 0 Å². The highest BCUT2D eigenvalue weighted by molar-refractivity contribution is 6.55. The maximum Gasteiger partial charge on any atom is 0.388 e. The molecule has 2 N–H and O–H groups in total. The molecule has 0 aromatic heterocycles. The molecular formula is C6H17F3N2Si2. The molecule has 0 radical (unpaired) electrons. The lowest BCUT2D eigenvalue weighted by molar-refractivity contribution is -0.130. The Morgan fingerprint density at radius 2 is 2.00 bits per heavy atom. The minimum Gasteiger partial charge on any atom is -0.344 e. The average Bonchev–Trinajstić information content (AvgIpc) is 2.00. The summed E-state index contributed by atoms with van der Waals surface area (Å²) in [6.07, 6.45) is -3.71. The molecular weight excluding hydrogens is 213 g/mol. The molecule has 13 heavy (non-hydrogen) atoms. The van der Waals surface area contributed by atoms with E-state index in [2.05, 4.69) is 9.96 Å². The summed E-state index contributed by atoms with van der Waals surface area (Å²) in [4.78, 5) is 6.27. The van der Waals surface area contributed by atoms with E-state index >= 15 is 0 Å². The van der Waals surface area contributed by atoms with Crippen LogP contribution in [0.4, 0.5) is 13.2 Å². The molecule has 0 aliphatic rings. The quantitative estimate of drug-likeness (QED) is 0.501. The zero-order chi connectivity index (χ0) is 10.3. The molecule has 80 valence electrons. The van der Waals surface area contributed by atoms with Gasteiger partial charge in [-0.3, -0.25) is 0 Å². The van der Waals surface area contributed by atoms with Crippen LogP contribution in [-0.2, 0) is 0 Å². The molecule has 0 saturated carbocycles. The molecule has 1 unspecified atom stereocenters. The van der Waals surface area contributed by atoms with Gasteiger partial charge in [0.25, 0.3) is 0 Å². The Balaban J connectivity index is 3.35. The van der Waals surface area contributed by atoms with Gasteiger partial charge >= 0.3 is 6.18 Å². The van der Waals surface area contributed by atoms with E-state index in [1.165, 1.54) is 0 Å². The summed E-state index contributed by atoms with van der Waals surface area (Å²) in [5.41, 5.74) is 0. The van der Waals surface area contributed by atoms with Gasteiger partial charge in [-0.25, -0.2) is 0 Å². The first-order chi connectivity index (χ1) is 5.95. The monoisotopic (exact) mass is 230 g/mol. The fraction of sp³-hybridized carbons (Fsp3) is 1.00. The summed E-state index contributed by atoms with van der Waals surface area (Å²) >= 11 is 0. The van der Waals surface area contributed by atoms with Crippen LogP contribution in [0.15, 0.2) is 0 Å². The standard InChI is InChI=1S/C6H17F3N2Si2/c1-10-12-5-11-13(2)4-3-6(7,8)9/h10-11,13H,3-5,12H2,1-2H3. The zero-order valence-electron chi connectivity index (χ0n) is 8.04. The number of alkyl halides is 3. The Morgan fingerprint density at radius 1 is 1.38 bits per heavy atom. The average molecular weight is 230 g/mol. The van der Waals surface area contributed by atoms with Crippen molar-refractivity contribution in [3.63, 3.8) is 0 Å². The Morgan fingerprint density at radius 3 is 2.46 bits per heavy atom. The van der Waals surface area contributed by atoms with Gasteiger partial charge in [0.2, 0.25) is 0 Å². The van der Waals surface area contributed by atoms with Gasteiger partial charge in [0.15, 0.2) is 0 Å². The number of halogens is 3. The summed E-state index contributed by atoms with van der Waals surface area (Å²) in [6, 6.07) is 0.307. The minimum atomic E-state index is -3.98. The number of hydrogen-bond acceptors (Lipinski definition) is 2. The molecule has 0 heterocycles. The van der Waals surface area contributed by atoms with Crippen molar-refractivity contribution >= 4 is 18.6 Å². The lowest BCUT2D eigenvalue weighted by Gasteiger charge is -2.12. The molecule has 0 aromatic carbocycles. The molecule has 0 amide bonds. The lowest BCUT2D eigenvalue weighted by atomic mass is 10.5. The van der Waals surface area contributed by atoms with Gasteiger partial charge in [-0.05, 0) is 19.3 Å². The summed E-state index contributed by atoms with van der Waals surface area (Å²) in [6.45, 7) is 1.93. The largest absolute Gasteiger partial charge is 0.388 e. The third-order valence-corrected chi connectivity index (χ3v) is 5.48. The lowest BCUT2D eigenvalue weighted by Crippen LogP contribution is -2.38. The van der Waals surface area contributed by atoms with E-state index in [0.29, 0.717) is 6.04 Å². The summed E-state index contributed by atoms with van der Waals surface area (Å²) in [7, 11) is 0.296. The maximum atomic E-state index is 11.8. The molecule has 0 aromatic rings. The summed E-state index contributed by atoms with van der Waals surface area (Å²) in [5, 5.41) is 0. The van der Waals surface area contributed by atoms with Gasteiger partial charge in [-0.2, -0.15) is 13.2 Å². The van der Waals surface area contributed by atoms with Crippen molar-refractivity contribution in [1.82, 2.24) is 9.96 Å². The van der Waals surface area contributed by atoms with Crippen molar-refractivity contribution in [2.75, 3.05) is 13.2 Å². The van der Waals surface area contributed by atoms with Crippen LogP contribution in [0, 0.1) is 0 Å². The third kappa shape index (κ3) is 10.1. The summed E-state index contributed by atoms with van der Waals surface area (Å²) < 4.78 is 35.4. The van der Waals surface area contributed by atoms with Crippen molar-refractivity contribution in [3.8, 4) is 0 Å². The molecule has 7 heteroatoms. The molecule has 0 aliphatic carbocycles. The predicted molar refractivity (Wildman–Crippen MR) is 54.1 cm³/mol. The molecule has 0 fully saturated rings. The predicted octanol–water partition coefficient (Wildman–Crippen LogP) is 0.143. The van der Waals surface area contributed by atoms with E-state index < -0.39 is 21.6 Å². The second-order valence-electron chi connectivity index (χ2n) is 3.11. The SMILES string of the molecule is CN[SiH2]CN[SiH](C)CCC(F)(F)F. The van der Waals surface area contributed by atoms with Gasteiger partial charge in [0.1, 0.15) is 18.6 Å². The molecule has 0 bridgehead atoms. The van der Waals surface area contributed by atoms with E-state index in [-0.39, 0.29) is 9.68 Å². The Kier molecular flexibility index (Phi) is 6.65. The highest BCUT2D eigenvalue weighted by Gasteiger charge is 2.27. The van der Waals surface area contributed by atoms with Crippen molar-refractivity contribution in [1.29, 1.82) is 0 Å². The fourth-order valence-electron chi connectivity index (χ4n) is 0.926. The third-order valence-electron chi connectivity index (χ3n) is 1.73. The highest BCUT2D eigenvalue weighted by Crippen LogP contribution is 2.21. The Hall–Kier alpha value is 0.144. The van der Waals surface area contributed by atoms with Crippen LogP contribution in [-0.4, -0.2) is 38.0 Å². The molecule has 2 nitrogen and oxygen atoms in total. The first-order valence-corrected chi connectivity index (χ1v) is 8.66. The van der Waals surface area contributed by atoms with Gasteiger partial charge in [0, 0.05) is 6.42 Å². The normalized spacial score (nSPS) is 15.5. The van der Waals surface area contributed by atoms with E-state index in [1.807, 2.05) is 13.6 Å². The topological polar surface area (TPSA) is 24.1 Å². The molecule has 0 spiro atoms. The smallest absolute Gasteiger partial charge is 0.344 e. The number of nitrogens with one attached hydrogen (secondary N) is 2. The van der Waals surface area contributed by atoms with Crippen LogP contribution in [0.1, 0.15) is 6.42 Å². The van der Waals surface area contributed by atoms with Crippen LogP contribution in [0.3, 0.4) is 0 Å². The van der Waals surface area contributed by atoms with Crippen LogP contribution in [0.25, 0.3) is 0 Å². The van der Waals surface area contributed by atoms with Crippen LogP contribution in [0.5, 0.6) is 0 Å². The van der Waals surface area contributed by atoms with Crippen molar-refractivity contribution < 1.29 is 13.2 Å². The van der Waals surface area contributed by atoms with Crippen LogP contribution < -0.4 is 9.96 Å². The fourth-order valence-corrected chi connectivity index (χ4v) is 4.69.